The minimum Gasteiger partial charge on any atom is -0.358 e. The number of hydrogen-bond acceptors (Lipinski definition) is 2. The van der Waals surface area contributed by atoms with Crippen LogP contribution in [0, 0.1) is 12.7 Å². The number of fused-ring (bicyclic) bond motifs is 1. The van der Waals surface area contributed by atoms with Crippen LogP contribution >= 0.6 is 0 Å². The van der Waals surface area contributed by atoms with Crippen molar-refractivity contribution in [2.75, 3.05) is 0 Å². The first-order valence-corrected chi connectivity index (χ1v) is 6.55. The average molecular weight is 293 g/mol. The number of aromatic amines is 1. The van der Waals surface area contributed by atoms with Crippen LogP contribution in [-0.4, -0.2) is 16.6 Å². The van der Waals surface area contributed by atoms with Gasteiger partial charge in [-0.25, -0.2) is 13.2 Å². The summed E-state index contributed by atoms with van der Waals surface area (Å²) in [5, 5.41) is 10.2. The maximum absolute atomic E-state index is 14.2. The fourth-order valence-electron chi connectivity index (χ4n) is 2.56. The van der Waals surface area contributed by atoms with Crippen molar-refractivity contribution in [2.24, 2.45) is 0 Å². The van der Waals surface area contributed by atoms with Crippen molar-refractivity contribution in [3.8, 4) is 0 Å². The van der Waals surface area contributed by atoms with Gasteiger partial charge in [-0.2, -0.15) is 5.10 Å². The molecule has 0 radical (unpaired) electrons. The first kappa shape index (κ1) is 13.7. The third kappa shape index (κ3) is 2.41. The van der Waals surface area contributed by atoms with Crippen LogP contribution in [0.15, 0.2) is 35.7 Å². The second-order valence-electron chi connectivity index (χ2n) is 5.16. The summed E-state index contributed by atoms with van der Waals surface area (Å²) in [5.41, 5.74) is 2.11. The summed E-state index contributed by atoms with van der Waals surface area (Å²) in [7, 11) is 0. The molecular formula is C15H14F3N3. The van der Waals surface area contributed by atoms with Crippen molar-refractivity contribution in [3.63, 3.8) is 0 Å². The van der Waals surface area contributed by atoms with E-state index < -0.39 is 18.2 Å². The summed E-state index contributed by atoms with van der Waals surface area (Å²) in [6.07, 6.45) is 0.474. The van der Waals surface area contributed by atoms with E-state index in [-0.39, 0.29) is 5.70 Å². The Labute approximate surface area is 119 Å². The number of alkyl halides is 2. The Morgan fingerprint density at radius 3 is 2.67 bits per heavy atom. The minimum absolute atomic E-state index is 0.191. The van der Waals surface area contributed by atoms with E-state index in [4.69, 9.17) is 0 Å². The molecule has 21 heavy (non-hydrogen) atoms. The van der Waals surface area contributed by atoms with E-state index in [0.717, 1.165) is 11.1 Å². The molecule has 1 aliphatic rings. The smallest absolute Gasteiger partial charge is 0.277 e. The quantitative estimate of drug-likeness (QED) is 0.885. The number of nitrogens with zero attached hydrogens (tertiary/aromatic N) is 1. The summed E-state index contributed by atoms with van der Waals surface area (Å²) < 4.78 is 40.0. The molecule has 1 atom stereocenters. The van der Waals surface area contributed by atoms with E-state index in [9.17, 15) is 13.2 Å². The number of aryl methyl sites for hydroxylation is 1. The van der Waals surface area contributed by atoms with Crippen LogP contribution in [0.3, 0.4) is 0 Å². The van der Waals surface area contributed by atoms with Crippen LogP contribution in [-0.2, 0) is 0 Å². The molecule has 110 valence electrons. The monoisotopic (exact) mass is 293 g/mol. The third-order valence-electron chi connectivity index (χ3n) is 3.59. The average Bonchev–Trinajstić information content (AvgIpc) is 2.78. The highest BCUT2D eigenvalue weighted by atomic mass is 19.3. The molecule has 2 N–H and O–H groups in total. The molecule has 0 saturated carbocycles. The highest BCUT2D eigenvalue weighted by Gasteiger charge is 2.22. The second kappa shape index (κ2) is 4.95. The van der Waals surface area contributed by atoms with Gasteiger partial charge in [0.1, 0.15) is 5.82 Å². The Hall–Kier alpha value is -2.24. The van der Waals surface area contributed by atoms with E-state index in [1.165, 1.54) is 12.1 Å². The molecule has 2 heterocycles. The van der Waals surface area contributed by atoms with Gasteiger partial charge in [-0.3, -0.25) is 5.10 Å². The maximum atomic E-state index is 14.2. The lowest BCUT2D eigenvalue weighted by atomic mass is 9.93. The van der Waals surface area contributed by atoms with Gasteiger partial charge in [0.25, 0.3) is 6.43 Å². The van der Waals surface area contributed by atoms with Gasteiger partial charge in [0.05, 0.1) is 11.2 Å². The van der Waals surface area contributed by atoms with Gasteiger partial charge in [-0.05, 0) is 31.6 Å². The van der Waals surface area contributed by atoms with Gasteiger partial charge in [0.2, 0.25) is 0 Å². The summed E-state index contributed by atoms with van der Waals surface area (Å²) >= 11 is 0. The summed E-state index contributed by atoms with van der Waals surface area (Å²) in [6.45, 7) is 3.52. The Kier molecular flexibility index (Phi) is 3.23. The van der Waals surface area contributed by atoms with Crippen LogP contribution in [0.1, 0.15) is 24.1 Å². The van der Waals surface area contributed by atoms with Crippen molar-refractivity contribution in [1.29, 1.82) is 0 Å². The number of benzene rings is 1. The topological polar surface area (TPSA) is 40.7 Å². The first-order valence-electron chi connectivity index (χ1n) is 6.55. The Bertz CT molecular complexity index is 759. The molecule has 0 unspecified atom stereocenters. The van der Waals surface area contributed by atoms with E-state index in [0.29, 0.717) is 16.8 Å². The van der Waals surface area contributed by atoms with E-state index in [1.54, 1.807) is 19.1 Å². The van der Waals surface area contributed by atoms with Crippen molar-refractivity contribution in [1.82, 2.24) is 15.5 Å². The highest BCUT2D eigenvalue weighted by molar-refractivity contribution is 5.82. The predicted molar refractivity (Wildman–Crippen MR) is 74.5 cm³/mol. The minimum atomic E-state index is -2.61. The van der Waals surface area contributed by atoms with Gasteiger partial charge in [-0.1, -0.05) is 6.08 Å². The highest BCUT2D eigenvalue weighted by Crippen LogP contribution is 2.31. The molecule has 1 aliphatic heterocycles. The number of rotatable bonds is 2. The summed E-state index contributed by atoms with van der Waals surface area (Å²) in [4.78, 5) is 0. The zero-order valence-corrected chi connectivity index (χ0v) is 11.5. The molecule has 0 fully saturated rings. The molecule has 0 spiro atoms. The number of halogens is 3. The fourth-order valence-corrected chi connectivity index (χ4v) is 2.56. The lowest BCUT2D eigenvalue weighted by molar-refractivity contribution is 0.181. The molecule has 0 bridgehead atoms. The molecule has 2 aromatic rings. The number of H-pyrrole nitrogens is 1. The molecule has 6 heteroatoms. The molecule has 0 aliphatic carbocycles. The second-order valence-corrected chi connectivity index (χ2v) is 5.16. The summed E-state index contributed by atoms with van der Waals surface area (Å²) in [5.74, 6) is -0.969. The van der Waals surface area contributed by atoms with Gasteiger partial charge < -0.3 is 5.32 Å². The van der Waals surface area contributed by atoms with Crippen LogP contribution in [0.4, 0.5) is 13.2 Å². The van der Waals surface area contributed by atoms with Crippen molar-refractivity contribution < 1.29 is 13.2 Å². The van der Waals surface area contributed by atoms with E-state index >= 15 is 0 Å². The van der Waals surface area contributed by atoms with Crippen LogP contribution in [0.5, 0.6) is 0 Å². The number of allylic oxidation sites excluding steroid dienone is 4. The molecular weight excluding hydrogens is 279 g/mol. The molecule has 0 amide bonds. The zero-order chi connectivity index (χ0) is 15.1. The predicted octanol–water partition coefficient (Wildman–Crippen LogP) is 3.75. The Morgan fingerprint density at radius 2 is 1.95 bits per heavy atom. The first-order chi connectivity index (χ1) is 9.95. The number of nitrogens with one attached hydrogen (secondary N) is 2. The lowest BCUT2D eigenvalue weighted by Gasteiger charge is -2.21. The molecule has 0 saturated heterocycles. The molecule has 3 nitrogen and oxygen atoms in total. The van der Waals surface area contributed by atoms with Gasteiger partial charge in [-0.15, -0.1) is 0 Å². The normalized spacial score (nSPS) is 18.7. The van der Waals surface area contributed by atoms with Crippen LogP contribution in [0.2, 0.25) is 0 Å². The van der Waals surface area contributed by atoms with E-state index in [1.807, 2.05) is 6.92 Å². The third-order valence-corrected chi connectivity index (χ3v) is 3.59. The largest absolute Gasteiger partial charge is 0.358 e. The Morgan fingerprint density at radius 1 is 1.19 bits per heavy atom. The van der Waals surface area contributed by atoms with Crippen molar-refractivity contribution in [3.05, 3.63) is 52.8 Å². The van der Waals surface area contributed by atoms with Crippen LogP contribution in [0.25, 0.3) is 10.9 Å². The van der Waals surface area contributed by atoms with Gasteiger partial charge >= 0.3 is 0 Å². The SMILES string of the molecule is CC1=C[C@H](c2cc3c(C)[nH]nc3cc2F)C=C(C(F)F)N1. The Balaban J connectivity index is 2.12. The standard InChI is InChI=1S/C15H14F3N3/c1-7-3-9(4-14(19-7)15(17)18)11-5-10-8(2)20-21-13(10)6-12(11)16/h3-6,9,15,19H,1-2H3,(H,20,21)/t9-/m0/s1. The number of hydrogen-bond donors (Lipinski definition) is 2. The fraction of sp³-hybridized carbons (Fsp3) is 0.267. The van der Waals surface area contributed by atoms with Crippen molar-refractivity contribution in [2.45, 2.75) is 26.2 Å². The maximum Gasteiger partial charge on any atom is 0.277 e. The zero-order valence-electron chi connectivity index (χ0n) is 11.5. The number of aromatic nitrogens is 2. The molecule has 1 aromatic carbocycles. The van der Waals surface area contributed by atoms with Crippen molar-refractivity contribution >= 4 is 10.9 Å². The van der Waals surface area contributed by atoms with Crippen LogP contribution < -0.4 is 5.32 Å². The van der Waals surface area contributed by atoms with E-state index in [2.05, 4.69) is 15.5 Å². The number of dihydropyridines is 1. The lowest BCUT2D eigenvalue weighted by Crippen LogP contribution is -2.22. The van der Waals surface area contributed by atoms with Gasteiger partial charge in [0, 0.05) is 28.8 Å². The van der Waals surface area contributed by atoms with Gasteiger partial charge in [0.15, 0.2) is 0 Å². The molecule has 3 rings (SSSR count). The summed E-state index contributed by atoms with van der Waals surface area (Å²) in [6, 6.07) is 3.00. The molecule has 1 aromatic heterocycles.